The maximum atomic E-state index is 12.6. The maximum Gasteiger partial charge on any atom is 0.261 e. The minimum Gasteiger partial charge on any atom is -0.347 e. The summed E-state index contributed by atoms with van der Waals surface area (Å²) in [5.74, 6) is 0.0268. The van der Waals surface area contributed by atoms with E-state index in [1.54, 1.807) is 6.07 Å². The molecule has 5 heteroatoms. The molecule has 0 aliphatic rings. The number of aromatic nitrogens is 2. The molecule has 1 heterocycles. The lowest BCUT2D eigenvalue weighted by molar-refractivity contribution is -0.122. The van der Waals surface area contributed by atoms with Crippen molar-refractivity contribution in [3.05, 3.63) is 76.3 Å². The number of rotatable bonds is 5. The molecule has 0 bridgehead atoms. The van der Waals surface area contributed by atoms with E-state index in [4.69, 9.17) is 0 Å². The van der Waals surface area contributed by atoms with Crippen LogP contribution in [0.3, 0.4) is 0 Å². The molecule has 1 amide bonds. The van der Waals surface area contributed by atoms with E-state index in [2.05, 4.69) is 24.1 Å². The Morgan fingerprint density at radius 1 is 1.15 bits per heavy atom. The van der Waals surface area contributed by atoms with Gasteiger partial charge in [-0.05, 0) is 30.5 Å². The number of fused-ring (bicyclic) bond motifs is 1. The fourth-order valence-corrected chi connectivity index (χ4v) is 3.05. The first-order valence-corrected chi connectivity index (χ1v) is 8.76. The van der Waals surface area contributed by atoms with Gasteiger partial charge < -0.3 is 5.32 Å². The number of carbonyl (C=O) groups is 1. The SMILES string of the molecule is Cc1ccc2ncn(CC(=O)N[C@@H](c3ccccc3)C(C)C)c(=O)c2c1. The standard InChI is InChI=1S/C21H23N3O2/c1-14(2)20(16-7-5-4-6-8-16)23-19(25)12-24-13-22-18-10-9-15(3)11-17(18)21(24)26/h4-11,13-14,20H,12H2,1-3H3,(H,23,25)/t20-/m1/s1. The van der Waals surface area contributed by atoms with Gasteiger partial charge in [0.15, 0.2) is 0 Å². The van der Waals surface area contributed by atoms with Crippen molar-refractivity contribution in [2.75, 3.05) is 0 Å². The summed E-state index contributed by atoms with van der Waals surface area (Å²) in [7, 11) is 0. The smallest absolute Gasteiger partial charge is 0.261 e. The molecule has 0 unspecified atom stereocenters. The monoisotopic (exact) mass is 349 g/mol. The number of aryl methyl sites for hydroxylation is 1. The molecule has 0 saturated carbocycles. The van der Waals surface area contributed by atoms with Crippen LogP contribution in [0.2, 0.25) is 0 Å². The molecule has 0 aliphatic carbocycles. The van der Waals surface area contributed by atoms with Crippen LogP contribution < -0.4 is 10.9 Å². The highest BCUT2D eigenvalue weighted by molar-refractivity contribution is 5.79. The van der Waals surface area contributed by atoms with Gasteiger partial charge in [-0.2, -0.15) is 0 Å². The van der Waals surface area contributed by atoms with Crippen molar-refractivity contribution in [2.45, 2.75) is 33.4 Å². The fourth-order valence-electron chi connectivity index (χ4n) is 3.05. The third-order valence-electron chi connectivity index (χ3n) is 4.44. The maximum absolute atomic E-state index is 12.6. The van der Waals surface area contributed by atoms with Gasteiger partial charge in [0, 0.05) is 0 Å². The van der Waals surface area contributed by atoms with Crippen LogP contribution in [0.5, 0.6) is 0 Å². The Morgan fingerprint density at radius 2 is 1.88 bits per heavy atom. The molecule has 26 heavy (non-hydrogen) atoms. The van der Waals surface area contributed by atoms with Gasteiger partial charge in [-0.25, -0.2) is 4.98 Å². The lowest BCUT2D eigenvalue weighted by atomic mass is 9.96. The molecule has 1 atom stereocenters. The number of amides is 1. The molecule has 3 aromatic rings. The highest BCUT2D eigenvalue weighted by Crippen LogP contribution is 2.21. The van der Waals surface area contributed by atoms with Gasteiger partial charge in [0.25, 0.3) is 5.56 Å². The summed E-state index contributed by atoms with van der Waals surface area (Å²) in [6.45, 7) is 6.00. The van der Waals surface area contributed by atoms with Crippen LogP contribution in [0.25, 0.3) is 10.9 Å². The van der Waals surface area contributed by atoms with Gasteiger partial charge >= 0.3 is 0 Å². The van der Waals surface area contributed by atoms with Crippen molar-refractivity contribution in [1.29, 1.82) is 0 Å². The van der Waals surface area contributed by atoms with E-state index in [9.17, 15) is 9.59 Å². The van der Waals surface area contributed by atoms with E-state index in [1.165, 1.54) is 10.9 Å². The Morgan fingerprint density at radius 3 is 2.58 bits per heavy atom. The van der Waals surface area contributed by atoms with E-state index in [0.29, 0.717) is 10.9 Å². The first kappa shape index (κ1) is 17.9. The van der Waals surface area contributed by atoms with E-state index in [-0.39, 0.29) is 30.0 Å². The second-order valence-electron chi connectivity index (χ2n) is 6.90. The number of carbonyl (C=O) groups excluding carboxylic acids is 1. The molecule has 0 saturated heterocycles. The Hall–Kier alpha value is -2.95. The van der Waals surface area contributed by atoms with Crippen molar-refractivity contribution in [2.24, 2.45) is 5.92 Å². The predicted octanol–water partition coefficient (Wildman–Crippen LogP) is 3.22. The van der Waals surface area contributed by atoms with E-state index < -0.39 is 0 Å². The molecular weight excluding hydrogens is 326 g/mol. The van der Waals surface area contributed by atoms with Crippen LogP contribution in [0.4, 0.5) is 0 Å². The molecule has 134 valence electrons. The van der Waals surface area contributed by atoms with Crippen molar-refractivity contribution in [3.63, 3.8) is 0 Å². The minimum absolute atomic E-state index is 0.0498. The second-order valence-corrected chi connectivity index (χ2v) is 6.90. The largest absolute Gasteiger partial charge is 0.347 e. The van der Waals surface area contributed by atoms with Gasteiger partial charge in [0.05, 0.1) is 23.3 Å². The quantitative estimate of drug-likeness (QED) is 0.769. The van der Waals surface area contributed by atoms with Gasteiger partial charge in [-0.15, -0.1) is 0 Å². The average molecular weight is 349 g/mol. The normalized spacial score (nSPS) is 12.3. The molecule has 0 spiro atoms. The van der Waals surface area contributed by atoms with E-state index in [1.807, 2.05) is 49.4 Å². The summed E-state index contributed by atoms with van der Waals surface area (Å²) >= 11 is 0. The predicted molar refractivity (Wildman–Crippen MR) is 103 cm³/mol. The molecule has 3 rings (SSSR count). The zero-order valence-electron chi connectivity index (χ0n) is 15.3. The highest BCUT2D eigenvalue weighted by Gasteiger charge is 2.18. The van der Waals surface area contributed by atoms with Gasteiger partial charge in [-0.3, -0.25) is 14.2 Å². The van der Waals surface area contributed by atoms with Crippen LogP contribution in [-0.4, -0.2) is 15.5 Å². The zero-order chi connectivity index (χ0) is 18.7. The molecule has 0 aliphatic heterocycles. The minimum atomic E-state index is -0.205. The lowest BCUT2D eigenvalue weighted by Gasteiger charge is -2.23. The van der Waals surface area contributed by atoms with E-state index >= 15 is 0 Å². The van der Waals surface area contributed by atoms with Crippen LogP contribution in [-0.2, 0) is 11.3 Å². The van der Waals surface area contributed by atoms with Crippen molar-refractivity contribution < 1.29 is 4.79 Å². The van der Waals surface area contributed by atoms with Crippen molar-refractivity contribution >= 4 is 16.8 Å². The number of hydrogen-bond donors (Lipinski definition) is 1. The van der Waals surface area contributed by atoms with Crippen LogP contribution in [0, 0.1) is 12.8 Å². The van der Waals surface area contributed by atoms with Gasteiger partial charge in [-0.1, -0.05) is 55.8 Å². The number of hydrogen-bond acceptors (Lipinski definition) is 3. The summed E-state index contributed by atoms with van der Waals surface area (Å²) in [6.07, 6.45) is 1.44. The van der Waals surface area contributed by atoms with E-state index in [0.717, 1.165) is 11.1 Å². The highest BCUT2D eigenvalue weighted by atomic mass is 16.2. The lowest BCUT2D eigenvalue weighted by Crippen LogP contribution is -2.36. The number of benzene rings is 2. The molecule has 2 aromatic carbocycles. The number of nitrogens with one attached hydrogen (secondary N) is 1. The molecule has 0 radical (unpaired) electrons. The topological polar surface area (TPSA) is 64.0 Å². The Kier molecular flexibility index (Phi) is 5.16. The third kappa shape index (κ3) is 3.82. The third-order valence-corrected chi connectivity index (χ3v) is 4.44. The van der Waals surface area contributed by atoms with Gasteiger partial charge in [0.1, 0.15) is 6.54 Å². The molecular formula is C21H23N3O2. The molecule has 0 fully saturated rings. The Bertz CT molecular complexity index is 977. The summed E-state index contributed by atoms with van der Waals surface area (Å²) in [6, 6.07) is 15.3. The Labute approximate surface area is 152 Å². The summed E-state index contributed by atoms with van der Waals surface area (Å²) in [5.41, 5.74) is 2.48. The van der Waals surface area contributed by atoms with Crippen molar-refractivity contribution in [3.8, 4) is 0 Å². The molecule has 1 aromatic heterocycles. The van der Waals surface area contributed by atoms with Crippen LogP contribution >= 0.6 is 0 Å². The van der Waals surface area contributed by atoms with Crippen LogP contribution in [0.1, 0.15) is 31.0 Å². The Balaban J connectivity index is 1.82. The summed E-state index contributed by atoms with van der Waals surface area (Å²) in [4.78, 5) is 29.5. The fraction of sp³-hybridized carbons (Fsp3) is 0.286. The average Bonchev–Trinajstić information content (AvgIpc) is 2.63. The number of nitrogens with zero attached hydrogens (tertiary/aromatic N) is 2. The first-order valence-electron chi connectivity index (χ1n) is 8.76. The van der Waals surface area contributed by atoms with Crippen molar-refractivity contribution in [1.82, 2.24) is 14.9 Å². The van der Waals surface area contributed by atoms with Crippen LogP contribution in [0.15, 0.2) is 59.7 Å². The summed E-state index contributed by atoms with van der Waals surface area (Å²) in [5, 5.41) is 3.57. The zero-order valence-corrected chi connectivity index (χ0v) is 15.3. The second kappa shape index (κ2) is 7.52. The van der Waals surface area contributed by atoms with Gasteiger partial charge in [0.2, 0.25) is 5.91 Å². The molecule has 1 N–H and O–H groups in total. The summed E-state index contributed by atoms with van der Waals surface area (Å²) < 4.78 is 1.36. The first-order chi connectivity index (χ1) is 12.5. The molecule has 5 nitrogen and oxygen atoms in total.